The van der Waals surface area contributed by atoms with Crippen molar-refractivity contribution in [3.8, 4) is 23.0 Å². The Morgan fingerprint density at radius 1 is 1.18 bits per heavy atom. The molecule has 8 nitrogen and oxygen atoms in total. The Morgan fingerprint density at radius 2 is 2.00 bits per heavy atom. The molecule has 7 rings (SSSR count). The molecule has 1 aromatic carbocycles. The van der Waals surface area contributed by atoms with Gasteiger partial charge in [-0.1, -0.05) is 12.1 Å². The molecule has 3 aromatic rings. The number of nitrogens with one attached hydrogen (secondary N) is 1. The number of fused-ring (bicyclic) bond motifs is 4. The molecular formula is C28H32F2N6O2. The van der Waals surface area contributed by atoms with E-state index in [0.29, 0.717) is 47.4 Å². The molecule has 6 heterocycles. The summed E-state index contributed by atoms with van der Waals surface area (Å²) in [7, 11) is 0. The predicted octanol–water partition coefficient (Wildman–Crippen LogP) is 3.74. The number of phenols is 1. The fourth-order valence-corrected chi connectivity index (χ4v) is 7.08. The van der Waals surface area contributed by atoms with E-state index in [0.717, 1.165) is 45.3 Å². The highest BCUT2D eigenvalue weighted by molar-refractivity contribution is 5.92. The maximum Gasteiger partial charge on any atom is 0.319 e. The Hall–Kier alpha value is -3.11. The first kappa shape index (κ1) is 24.0. The number of alkyl halides is 1. The second-order valence-electron chi connectivity index (χ2n) is 11.4. The van der Waals surface area contributed by atoms with E-state index in [1.807, 2.05) is 13.0 Å². The minimum absolute atomic E-state index is 0.0392. The van der Waals surface area contributed by atoms with Crippen LogP contribution >= 0.6 is 0 Å². The van der Waals surface area contributed by atoms with E-state index >= 15 is 4.39 Å². The Kier molecular flexibility index (Phi) is 5.66. The highest BCUT2D eigenvalue weighted by Gasteiger charge is 2.49. The fraction of sp³-hybridized carbons (Fsp3) is 0.536. The molecule has 10 heteroatoms. The van der Waals surface area contributed by atoms with Crippen molar-refractivity contribution in [2.45, 2.75) is 62.8 Å². The van der Waals surface area contributed by atoms with Crippen LogP contribution in [0.25, 0.3) is 22.2 Å². The van der Waals surface area contributed by atoms with Crippen LogP contribution in [-0.4, -0.2) is 81.5 Å². The van der Waals surface area contributed by atoms with Crippen LogP contribution in [0.5, 0.6) is 11.8 Å². The van der Waals surface area contributed by atoms with Crippen molar-refractivity contribution in [1.29, 1.82) is 0 Å². The first-order valence-corrected chi connectivity index (χ1v) is 13.6. The number of hydrogen-bond donors (Lipinski definition) is 2. The van der Waals surface area contributed by atoms with Crippen molar-refractivity contribution in [1.82, 2.24) is 25.2 Å². The molecule has 2 bridgehead atoms. The first-order chi connectivity index (χ1) is 18.4. The molecule has 200 valence electrons. The number of piperazine rings is 1. The van der Waals surface area contributed by atoms with Gasteiger partial charge in [0.25, 0.3) is 0 Å². The first-order valence-electron chi connectivity index (χ1n) is 13.6. The van der Waals surface area contributed by atoms with Gasteiger partial charge in [0.1, 0.15) is 35.6 Å². The molecule has 4 aliphatic rings. The van der Waals surface area contributed by atoms with Gasteiger partial charge in [0, 0.05) is 49.9 Å². The number of nitrogens with zero attached hydrogens (tertiary/aromatic N) is 5. The summed E-state index contributed by atoms with van der Waals surface area (Å²) in [5, 5.41) is 14.7. The SMILES string of the molecule is Cc1cccc(O)c1-c1ncc2c(N3CC4CCC(C3)N4)nc(OC[C@@]34CCCN3C[C@H](F)C4)nc2c1F. The Labute approximate surface area is 220 Å². The number of pyridine rings is 1. The number of halogens is 2. The third-order valence-electron chi connectivity index (χ3n) is 8.88. The van der Waals surface area contributed by atoms with Gasteiger partial charge >= 0.3 is 6.01 Å². The molecule has 4 atom stereocenters. The average Bonchev–Trinajstić information content (AvgIpc) is 3.54. The van der Waals surface area contributed by atoms with E-state index in [2.05, 4.69) is 25.1 Å². The van der Waals surface area contributed by atoms with Crippen molar-refractivity contribution in [3.05, 3.63) is 35.8 Å². The number of anilines is 1. The van der Waals surface area contributed by atoms with Crippen LogP contribution in [0.3, 0.4) is 0 Å². The molecule has 2 aromatic heterocycles. The fourth-order valence-electron chi connectivity index (χ4n) is 7.08. The van der Waals surface area contributed by atoms with Crippen molar-refractivity contribution in [2.24, 2.45) is 0 Å². The molecule has 0 radical (unpaired) electrons. The van der Waals surface area contributed by atoms with Gasteiger partial charge in [0.2, 0.25) is 0 Å². The molecule has 2 N–H and O–H groups in total. The molecule has 0 aliphatic carbocycles. The molecule has 0 spiro atoms. The number of aromatic nitrogens is 3. The zero-order valence-corrected chi connectivity index (χ0v) is 21.5. The lowest BCUT2D eigenvalue weighted by atomic mass is 9.95. The molecule has 4 fully saturated rings. The van der Waals surface area contributed by atoms with Crippen molar-refractivity contribution < 1.29 is 18.6 Å². The van der Waals surface area contributed by atoms with Gasteiger partial charge in [-0.05, 0) is 50.8 Å². The second-order valence-corrected chi connectivity index (χ2v) is 11.4. The summed E-state index contributed by atoms with van der Waals surface area (Å²) in [4.78, 5) is 18.1. The van der Waals surface area contributed by atoms with Gasteiger partial charge in [-0.2, -0.15) is 9.97 Å². The highest BCUT2D eigenvalue weighted by Crippen LogP contribution is 2.41. The third-order valence-corrected chi connectivity index (χ3v) is 8.88. The minimum Gasteiger partial charge on any atom is -0.507 e. The second kappa shape index (κ2) is 8.98. The summed E-state index contributed by atoms with van der Waals surface area (Å²) in [6, 6.07) is 5.85. The highest BCUT2D eigenvalue weighted by atomic mass is 19.1. The van der Waals surface area contributed by atoms with E-state index in [4.69, 9.17) is 9.72 Å². The van der Waals surface area contributed by atoms with E-state index < -0.39 is 12.0 Å². The van der Waals surface area contributed by atoms with Crippen LogP contribution in [-0.2, 0) is 0 Å². The molecule has 4 aliphatic heterocycles. The molecule has 0 amide bonds. The Bertz CT molecular complexity index is 1370. The van der Waals surface area contributed by atoms with Crippen LogP contribution in [0.1, 0.15) is 37.7 Å². The zero-order valence-electron chi connectivity index (χ0n) is 21.5. The lowest BCUT2D eigenvalue weighted by molar-refractivity contribution is 0.107. The summed E-state index contributed by atoms with van der Waals surface area (Å²) in [5.74, 6) is -0.0578. The summed E-state index contributed by atoms with van der Waals surface area (Å²) in [5.41, 5.74) is 0.846. The average molecular weight is 523 g/mol. The topological polar surface area (TPSA) is 86.6 Å². The van der Waals surface area contributed by atoms with Crippen LogP contribution in [0, 0.1) is 12.7 Å². The van der Waals surface area contributed by atoms with Crippen LogP contribution in [0.4, 0.5) is 14.6 Å². The van der Waals surface area contributed by atoms with E-state index in [-0.39, 0.29) is 35.1 Å². The number of aryl methyl sites for hydroxylation is 1. The largest absolute Gasteiger partial charge is 0.507 e. The number of phenolic OH excluding ortho intramolecular Hbond substituents is 1. The van der Waals surface area contributed by atoms with Gasteiger partial charge in [-0.15, -0.1) is 0 Å². The van der Waals surface area contributed by atoms with Crippen LogP contribution in [0.15, 0.2) is 24.4 Å². The van der Waals surface area contributed by atoms with Gasteiger partial charge in [0.15, 0.2) is 5.82 Å². The number of hydrogen-bond acceptors (Lipinski definition) is 8. The van der Waals surface area contributed by atoms with Crippen LogP contribution in [0.2, 0.25) is 0 Å². The molecular weight excluding hydrogens is 490 g/mol. The number of rotatable bonds is 5. The van der Waals surface area contributed by atoms with E-state index in [9.17, 15) is 9.50 Å². The van der Waals surface area contributed by atoms with Gasteiger partial charge in [-0.25, -0.2) is 8.78 Å². The third kappa shape index (κ3) is 3.88. The number of benzene rings is 1. The monoisotopic (exact) mass is 522 g/mol. The smallest absolute Gasteiger partial charge is 0.319 e. The normalized spacial score (nSPS) is 28.8. The molecule has 38 heavy (non-hydrogen) atoms. The lowest BCUT2D eigenvalue weighted by Gasteiger charge is -2.34. The summed E-state index contributed by atoms with van der Waals surface area (Å²) < 4.78 is 36.7. The zero-order chi connectivity index (χ0) is 26.0. The molecule has 4 saturated heterocycles. The summed E-state index contributed by atoms with van der Waals surface area (Å²) in [6.45, 7) is 4.88. The van der Waals surface area contributed by atoms with E-state index in [1.54, 1.807) is 12.3 Å². The molecule has 0 saturated carbocycles. The van der Waals surface area contributed by atoms with Crippen molar-refractivity contribution in [3.63, 3.8) is 0 Å². The van der Waals surface area contributed by atoms with Crippen LogP contribution < -0.4 is 15.0 Å². The van der Waals surface area contributed by atoms with E-state index in [1.165, 1.54) is 6.07 Å². The lowest BCUT2D eigenvalue weighted by Crippen LogP contribution is -2.51. The maximum absolute atomic E-state index is 16.2. The maximum atomic E-state index is 16.2. The van der Waals surface area contributed by atoms with Gasteiger partial charge in [0.05, 0.1) is 10.9 Å². The van der Waals surface area contributed by atoms with Crippen molar-refractivity contribution in [2.75, 3.05) is 37.7 Å². The standard InChI is InChI=1S/C28H32F2N6O2/c1-16-4-2-5-21(37)22(16)25-23(30)24-20(11-31-25)26(35-13-18-6-7-19(14-35)32-18)34-27(33-24)38-15-28-8-3-9-36(28)12-17(29)10-28/h2,4-5,11,17-19,32,37H,3,6-10,12-15H2,1H3/t17-,18?,19?,28+/m1/s1. The predicted molar refractivity (Wildman–Crippen MR) is 140 cm³/mol. The summed E-state index contributed by atoms with van der Waals surface area (Å²) >= 11 is 0. The quantitative estimate of drug-likeness (QED) is 0.524. The van der Waals surface area contributed by atoms with Gasteiger partial charge < -0.3 is 20.1 Å². The summed E-state index contributed by atoms with van der Waals surface area (Å²) in [6.07, 6.45) is 5.24. The molecule has 2 unspecified atom stereocenters. The Balaban J connectivity index is 1.32. The van der Waals surface area contributed by atoms with Crippen molar-refractivity contribution >= 4 is 16.7 Å². The minimum atomic E-state index is -0.865. The van der Waals surface area contributed by atoms with Gasteiger partial charge in [-0.3, -0.25) is 9.88 Å². The number of ether oxygens (including phenoxy) is 1. The number of aromatic hydroxyl groups is 1. The Morgan fingerprint density at radius 3 is 2.79 bits per heavy atom.